The number of aliphatic imine (C=N–C) groups is 1. The molecule has 0 amide bonds. The van der Waals surface area contributed by atoms with E-state index in [9.17, 15) is 0 Å². The van der Waals surface area contributed by atoms with Crippen LogP contribution in [0.1, 0.15) is 42.5 Å². The molecule has 0 aliphatic rings. The second kappa shape index (κ2) is 15.0. The number of aryl methyl sites for hydroxylation is 1. The number of thioether (sulfide) groups is 1. The second-order valence-electron chi connectivity index (χ2n) is 8.56. The fourth-order valence-electron chi connectivity index (χ4n) is 3.99. The van der Waals surface area contributed by atoms with E-state index in [1.807, 2.05) is 48.0 Å². The molecule has 4 N–H and O–H groups in total. The molecule has 37 heavy (non-hydrogen) atoms. The maximum atomic E-state index is 6.27. The summed E-state index contributed by atoms with van der Waals surface area (Å²) in [4.78, 5) is 5.63. The summed E-state index contributed by atoms with van der Waals surface area (Å²) in [7, 11) is 1.66. The van der Waals surface area contributed by atoms with Crippen molar-refractivity contribution in [3.63, 3.8) is 0 Å². The molecule has 196 valence electrons. The summed E-state index contributed by atoms with van der Waals surface area (Å²) in [6.45, 7) is 5.22. The predicted octanol–water partition coefficient (Wildman–Crippen LogP) is 5.31. The van der Waals surface area contributed by atoms with Crippen molar-refractivity contribution in [2.24, 2.45) is 16.6 Å². The van der Waals surface area contributed by atoms with Gasteiger partial charge in [-0.2, -0.15) is 5.10 Å². The molecule has 0 atom stereocenters. The number of aromatic nitrogens is 2. The van der Waals surface area contributed by atoms with Gasteiger partial charge in [0.15, 0.2) is 0 Å². The van der Waals surface area contributed by atoms with Gasteiger partial charge in [-0.15, -0.1) is 11.8 Å². The molecule has 0 aliphatic carbocycles. The lowest BCUT2D eigenvalue weighted by Crippen LogP contribution is -2.33. The maximum Gasteiger partial charge on any atom is 0.0745 e. The third-order valence-corrected chi connectivity index (χ3v) is 6.94. The van der Waals surface area contributed by atoms with Crippen LogP contribution in [0.5, 0.6) is 0 Å². The van der Waals surface area contributed by atoms with Gasteiger partial charge < -0.3 is 15.5 Å². The molecule has 0 spiro atoms. The Morgan fingerprint density at radius 3 is 2.76 bits per heavy atom. The molecule has 1 heterocycles. The summed E-state index contributed by atoms with van der Waals surface area (Å²) in [6.07, 6.45) is 12.0. The van der Waals surface area contributed by atoms with Crippen molar-refractivity contribution < 1.29 is 4.74 Å². The van der Waals surface area contributed by atoms with Crippen LogP contribution in [0.25, 0.3) is 11.4 Å². The third-order valence-electron chi connectivity index (χ3n) is 5.86. The van der Waals surface area contributed by atoms with Crippen LogP contribution in [0.3, 0.4) is 0 Å². The summed E-state index contributed by atoms with van der Waals surface area (Å²) in [6, 6.07) is 16.9. The lowest BCUT2D eigenvalue weighted by Gasteiger charge is -2.22. The van der Waals surface area contributed by atoms with Crippen molar-refractivity contribution in [2.75, 3.05) is 20.3 Å². The summed E-state index contributed by atoms with van der Waals surface area (Å²) in [5.74, 6) is 7.10. The first-order chi connectivity index (χ1) is 18.1. The Balaban J connectivity index is 1.82. The zero-order chi connectivity index (χ0) is 26.5. The molecule has 0 saturated heterocycles. The van der Waals surface area contributed by atoms with Gasteiger partial charge in [0.25, 0.3) is 0 Å². The minimum Gasteiger partial charge on any atom is -0.403 e. The van der Waals surface area contributed by atoms with E-state index in [0.29, 0.717) is 13.2 Å². The van der Waals surface area contributed by atoms with E-state index < -0.39 is 0 Å². The number of benzene rings is 2. The zero-order valence-electron chi connectivity index (χ0n) is 22.0. The summed E-state index contributed by atoms with van der Waals surface area (Å²) in [5.41, 5.74) is 12.6. The predicted molar refractivity (Wildman–Crippen MR) is 156 cm³/mol. The Labute approximate surface area is 224 Å². The first kappa shape index (κ1) is 28.2. The van der Waals surface area contributed by atoms with Gasteiger partial charge in [-0.05, 0) is 54.3 Å². The number of nitrogens with zero attached hydrogens (tertiary/aromatic N) is 4. The van der Waals surface area contributed by atoms with Crippen LogP contribution in [-0.4, -0.2) is 41.3 Å². The zero-order valence-corrected chi connectivity index (χ0v) is 22.8. The molecule has 3 aromatic rings. The largest absolute Gasteiger partial charge is 0.403 e. The van der Waals surface area contributed by atoms with Gasteiger partial charge in [0, 0.05) is 60.8 Å². The molecule has 7 nitrogen and oxygen atoms in total. The number of methoxy groups -OCH3 is 1. The molecular weight excluding hydrogens is 480 g/mol. The van der Waals surface area contributed by atoms with Gasteiger partial charge >= 0.3 is 0 Å². The van der Waals surface area contributed by atoms with Crippen molar-refractivity contribution >= 4 is 23.7 Å². The quantitative estimate of drug-likeness (QED) is 0.171. The highest BCUT2D eigenvalue weighted by Gasteiger charge is 2.12. The SMILES string of the molecule is CC=N/C=C(/Cc1cccc(-n2cccn2)c1)SCc1cc(/C(=C/N)N(N)CCOC)ccc1CCC. The number of hydrazine groups is 1. The molecule has 0 fully saturated rings. The van der Waals surface area contributed by atoms with Gasteiger partial charge in [0.05, 0.1) is 24.5 Å². The van der Waals surface area contributed by atoms with Crippen molar-refractivity contribution in [3.8, 4) is 5.69 Å². The molecule has 3 rings (SSSR count). The number of ether oxygens (including phenoxy) is 1. The van der Waals surface area contributed by atoms with Crippen molar-refractivity contribution in [1.82, 2.24) is 14.8 Å². The lowest BCUT2D eigenvalue weighted by molar-refractivity contribution is 0.173. The van der Waals surface area contributed by atoms with Gasteiger partial charge in [-0.3, -0.25) is 4.99 Å². The highest BCUT2D eigenvalue weighted by atomic mass is 32.2. The van der Waals surface area contributed by atoms with E-state index >= 15 is 0 Å². The average Bonchev–Trinajstić information content (AvgIpc) is 3.46. The van der Waals surface area contributed by atoms with E-state index in [1.165, 1.54) is 21.6 Å². The number of nitrogens with two attached hydrogens (primary N) is 2. The Morgan fingerprint density at radius 1 is 1.19 bits per heavy atom. The molecule has 0 aliphatic heterocycles. The Bertz CT molecular complexity index is 1200. The second-order valence-corrected chi connectivity index (χ2v) is 9.66. The number of allylic oxidation sites excluding steroid dienone is 1. The molecule has 0 bridgehead atoms. The molecule has 0 saturated carbocycles. The van der Waals surface area contributed by atoms with E-state index in [4.69, 9.17) is 16.3 Å². The highest BCUT2D eigenvalue weighted by molar-refractivity contribution is 8.02. The fraction of sp³-hybridized carbons (Fsp3) is 0.310. The van der Waals surface area contributed by atoms with Gasteiger partial charge in [0.2, 0.25) is 0 Å². The number of hydrogen-bond acceptors (Lipinski definition) is 7. The topological polar surface area (TPSA) is 94.7 Å². The van der Waals surface area contributed by atoms with E-state index in [0.717, 1.165) is 42.0 Å². The first-order valence-electron chi connectivity index (χ1n) is 12.5. The molecule has 2 aromatic carbocycles. The molecule has 1 aromatic heterocycles. The summed E-state index contributed by atoms with van der Waals surface area (Å²) in [5, 5.41) is 6.00. The Hall–Kier alpha value is -3.33. The van der Waals surface area contributed by atoms with Gasteiger partial charge in [-0.25, -0.2) is 10.5 Å². The van der Waals surface area contributed by atoms with Crippen LogP contribution in [0.4, 0.5) is 0 Å². The third kappa shape index (κ3) is 8.35. The molecule has 0 radical (unpaired) electrons. The fourth-order valence-corrected chi connectivity index (χ4v) is 5.01. The molecule has 0 unspecified atom stereocenters. The highest BCUT2D eigenvalue weighted by Crippen LogP contribution is 2.30. The van der Waals surface area contributed by atoms with Crippen LogP contribution in [0, 0.1) is 0 Å². The standard InChI is InChI=1S/C29H38N6OS/c1-4-8-24-11-12-25(29(20-30)34(31)15-16-36-3)19-26(24)22-37-28(21-32-5-2)18-23-9-6-10-27(17-23)35-14-7-13-33-35/h5-7,9-14,17,19-21H,4,8,15-16,18,22,30-31H2,1-3H3/b28-21-,29-20-,32-5?. The monoisotopic (exact) mass is 518 g/mol. The van der Waals surface area contributed by atoms with E-state index in [-0.39, 0.29) is 0 Å². The van der Waals surface area contributed by atoms with Gasteiger partial charge in [0.1, 0.15) is 0 Å². The smallest absolute Gasteiger partial charge is 0.0745 e. The minimum atomic E-state index is 0.526. The van der Waals surface area contributed by atoms with E-state index in [2.05, 4.69) is 59.5 Å². The maximum absolute atomic E-state index is 6.27. The first-order valence-corrected chi connectivity index (χ1v) is 13.5. The van der Waals surface area contributed by atoms with E-state index in [1.54, 1.807) is 24.5 Å². The Kier molecular flexibility index (Phi) is 11.5. The van der Waals surface area contributed by atoms with Gasteiger partial charge in [-0.1, -0.05) is 37.6 Å². The van der Waals surface area contributed by atoms with Crippen molar-refractivity contribution in [2.45, 2.75) is 38.9 Å². The van der Waals surface area contributed by atoms with Crippen molar-refractivity contribution in [3.05, 3.63) is 100 Å². The van der Waals surface area contributed by atoms with Crippen LogP contribution in [-0.2, 0) is 23.3 Å². The number of rotatable bonds is 14. The van der Waals surface area contributed by atoms with Crippen LogP contribution in [0.15, 0.2) is 83.2 Å². The number of hydrogen-bond donors (Lipinski definition) is 2. The van der Waals surface area contributed by atoms with Crippen LogP contribution < -0.4 is 11.6 Å². The summed E-state index contributed by atoms with van der Waals surface area (Å²) < 4.78 is 7.05. The van der Waals surface area contributed by atoms with Crippen LogP contribution >= 0.6 is 11.8 Å². The molecular formula is C29H38N6OS. The van der Waals surface area contributed by atoms with Crippen LogP contribution in [0.2, 0.25) is 0 Å². The molecule has 8 heteroatoms. The Morgan fingerprint density at radius 2 is 2.05 bits per heavy atom. The average molecular weight is 519 g/mol. The van der Waals surface area contributed by atoms with Crippen molar-refractivity contribution in [1.29, 1.82) is 0 Å². The lowest BCUT2D eigenvalue weighted by atomic mass is 10.00. The normalized spacial score (nSPS) is 12.4. The minimum absolute atomic E-state index is 0.526. The summed E-state index contributed by atoms with van der Waals surface area (Å²) >= 11 is 1.81.